The Kier molecular flexibility index (Phi) is 11.6. The van der Waals surface area contributed by atoms with E-state index in [-0.39, 0.29) is 5.75 Å². The van der Waals surface area contributed by atoms with Crippen molar-refractivity contribution in [2.75, 3.05) is 38.0 Å². The second kappa shape index (κ2) is 17.0. The molecule has 0 saturated heterocycles. The monoisotopic (exact) mass is 736 g/mol. The summed E-state index contributed by atoms with van der Waals surface area (Å²) in [5.41, 5.74) is 16.0. The number of hydrogen-bond acceptors (Lipinski definition) is 4. The Labute approximate surface area is 333 Å². The topological polar surface area (TPSA) is 35.9 Å². The Bertz CT molecular complexity index is 2390. The van der Waals surface area contributed by atoms with Crippen LogP contribution in [0, 0.1) is 13.8 Å². The number of aryl methyl sites for hydroxylation is 2. The van der Waals surface area contributed by atoms with Crippen molar-refractivity contribution in [1.82, 2.24) is 0 Å². The summed E-state index contributed by atoms with van der Waals surface area (Å²) in [6, 6.07) is 40.1. The molecule has 1 heterocycles. The van der Waals surface area contributed by atoms with Crippen LogP contribution >= 0.6 is 0 Å². The summed E-state index contributed by atoms with van der Waals surface area (Å²) >= 11 is 0. The number of phenols is 1. The van der Waals surface area contributed by atoms with Crippen LogP contribution in [0.1, 0.15) is 58.2 Å². The first-order valence-corrected chi connectivity index (χ1v) is 19.6. The highest BCUT2D eigenvalue weighted by atomic mass is 16.5. The molecular weight excluding hydrogens is 685 g/mol. The van der Waals surface area contributed by atoms with Crippen molar-refractivity contribution in [2.45, 2.75) is 39.5 Å². The van der Waals surface area contributed by atoms with Crippen molar-refractivity contribution >= 4 is 33.9 Å². The van der Waals surface area contributed by atoms with Crippen molar-refractivity contribution in [1.29, 1.82) is 0 Å². The number of allylic oxidation sites excluding steroid dienone is 11. The van der Waals surface area contributed by atoms with Gasteiger partial charge in [-0.2, -0.15) is 0 Å². The number of benzene rings is 5. The summed E-state index contributed by atoms with van der Waals surface area (Å²) in [4.78, 5) is 4.12. The molecular formula is C52H52N2O2. The molecule has 0 radical (unpaired) electrons. The standard InChI is InChI=1S/C52H52N2O2/c1-36-30-37(2)32-44(31-36)52-41(23-22-39(21-20-38-14-9-7-10-15-38)47-28-26-45(53(3)4)34-49(47)55)18-13-19-42(52)24-25-43-33-50(40-16-11-8-12-17-40)56-51-35-46(54(5)6)27-29-48(43)51/h7-12,14-17,21-35,55H,13,18-20H2,1-6H3/b23-22+,39-21-,42-24+,43-25+. The number of aromatic hydroxyl groups is 1. The van der Waals surface area contributed by atoms with Gasteiger partial charge in [0.15, 0.2) is 0 Å². The molecule has 2 aliphatic rings. The van der Waals surface area contributed by atoms with Gasteiger partial charge in [-0.05, 0) is 109 Å². The number of rotatable bonds is 10. The van der Waals surface area contributed by atoms with E-state index in [1.54, 1.807) is 0 Å². The molecule has 0 unspecified atom stereocenters. The maximum atomic E-state index is 11.3. The Morgan fingerprint density at radius 2 is 1.39 bits per heavy atom. The highest BCUT2D eigenvalue weighted by molar-refractivity contribution is 5.91. The molecule has 0 aromatic heterocycles. The van der Waals surface area contributed by atoms with E-state index in [2.05, 4.69) is 160 Å². The van der Waals surface area contributed by atoms with Crippen LogP contribution in [0.2, 0.25) is 0 Å². The molecule has 5 aromatic rings. The third kappa shape index (κ3) is 8.82. The second-order valence-electron chi connectivity index (χ2n) is 15.3. The first-order valence-electron chi connectivity index (χ1n) is 19.6. The molecule has 0 spiro atoms. The van der Waals surface area contributed by atoms with E-state index < -0.39 is 0 Å². The predicted octanol–water partition coefficient (Wildman–Crippen LogP) is 12.4. The van der Waals surface area contributed by atoms with E-state index >= 15 is 0 Å². The van der Waals surface area contributed by atoms with Gasteiger partial charge in [0.25, 0.3) is 0 Å². The molecule has 0 bridgehead atoms. The van der Waals surface area contributed by atoms with Crippen molar-refractivity contribution in [3.05, 3.63) is 202 Å². The number of anilines is 2. The number of nitrogens with zero attached hydrogens (tertiary/aromatic N) is 2. The van der Waals surface area contributed by atoms with Crippen molar-refractivity contribution < 1.29 is 9.84 Å². The Morgan fingerprint density at radius 1 is 0.714 bits per heavy atom. The van der Waals surface area contributed by atoms with Crippen LogP contribution in [0.5, 0.6) is 11.5 Å². The molecule has 0 saturated carbocycles. The van der Waals surface area contributed by atoms with Crippen LogP contribution < -0.4 is 14.5 Å². The Balaban J connectivity index is 1.35. The molecule has 282 valence electrons. The normalized spacial score (nSPS) is 15.9. The summed E-state index contributed by atoms with van der Waals surface area (Å²) in [7, 11) is 8.10. The van der Waals surface area contributed by atoms with Gasteiger partial charge in [-0.1, -0.05) is 120 Å². The lowest BCUT2D eigenvalue weighted by molar-refractivity contribution is 0.474. The van der Waals surface area contributed by atoms with Gasteiger partial charge >= 0.3 is 0 Å². The zero-order valence-electron chi connectivity index (χ0n) is 33.5. The molecule has 0 amide bonds. The average Bonchev–Trinajstić information content (AvgIpc) is 3.20. The van der Waals surface area contributed by atoms with Gasteiger partial charge in [0.05, 0.1) is 0 Å². The van der Waals surface area contributed by atoms with E-state index in [4.69, 9.17) is 4.74 Å². The van der Waals surface area contributed by atoms with Gasteiger partial charge in [-0.15, -0.1) is 0 Å². The second-order valence-corrected chi connectivity index (χ2v) is 15.3. The highest BCUT2D eigenvalue weighted by Gasteiger charge is 2.21. The lowest BCUT2D eigenvalue weighted by Crippen LogP contribution is -2.10. The highest BCUT2D eigenvalue weighted by Crippen LogP contribution is 2.42. The molecule has 4 heteroatoms. The number of phenolic OH excluding ortho intramolecular Hbond substituents is 1. The maximum Gasteiger partial charge on any atom is 0.137 e. The van der Waals surface area contributed by atoms with Gasteiger partial charge in [-0.3, -0.25) is 0 Å². The van der Waals surface area contributed by atoms with Gasteiger partial charge in [0.1, 0.15) is 17.3 Å². The molecule has 0 atom stereocenters. The van der Waals surface area contributed by atoms with Gasteiger partial charge in [0.2, 0.25) is 0 Å². The molecule has 7 rings (SSSR count). The van der Waals surface area contributed by atoms with E-state index in [9.17, 15) is 5.11 Å². The van der Waals surface area contributed by atoms with E-state index in [0.29, 0.717) is 0 Å². The van der Waals surface area contributed by atoms with Crippen LogP contribution in [-0.4, -0.2) is 33.3 Å². The number of hydrogen-bond donors (Lipinski definition) is 1. The van der Waals surface area contributed by atoms with Crippen LogP contribution in [-0.2, 0) is 6.42 Å². The lowest BCUT2D eigenvalue weighted by atomic mass is 9.81. The molecule has 5 aromatic carbocycles. The quantitative estimate of drug-likeness (QED) is 0.145. The average molecular weight is 737 g/mol. The summed E-state index contributed by atoms with van der Waals surface area (Å²) < 4.78 is 6.56. The first kappa shape index (κ1) is 38.0. The molecule has 0 fully saturated rings. The summed E-state index contributed by atoms with van der Waals surface area (Å²) in [6.45, 7) is 4.37. The Hall–Kier alpha value is -6.26. The van der Waals surface area contributed by atoms with Crippen LogP contribution in [0.4, 0.5) is 11.4 Å². The van der Waals surface area contributed by atoms with Crippen molar-refractivity contribution in [3.8, 4) is 11.5 Å². The summed E-state index contributed by atoms with van der Waals surface area (Å²) in [5, 5.41) is 11.3. The lowest BCUT2D eigenvalue weighted by Gasteiger charge is -2.24. The van der Waals surface area contributed by atoms with E-state index in [0.717, 1.165) is 76.4 Å². The first-order chi connectivity index (χ1) is 27.1. The summed E-state index contributed by atoms with van der Waals surface area (Å²) in [5.74, 6) is 1.97. The zero-order valence-corrected chi connectivity index (χ0v) is 33.5. The van der Waals surface area contributed by atoms with E-state index in [1.165, 1.54) is 39.0 Å². The fourth-order valence-corrected chi connectivity index (χ4v) is 7.64. The van der Waals surface area contributed by atoms with E-state index in [1.807, 2.05) is 43.3 Å². The van der Waals surface area contributed by atoms with Gasteiger partial charge in [-0.25, -0.2) is 0 Å². The predicted molar refractivity (Wildman–Crippen MR) is 238 cm³/mol. The summed E-state index contributed by atoms with van der Waals surface area (Å²) in [6.07, 6.45) is 17.3. The third-order valence-electron chi connectivity index (χ3n) is 10.5. The zero-order chi connectivity index (χ0) is 39.2. The van der Waals surface area contributed by atoms with Crippen LogP contribution in [0.15, 0.2) is 163 Å². The number of fused-ring (bicyclic) bond motifs is 1. The Morgan fingerprint density at radius 3 is 2.09 bits per heavy atom. The van der Waals surface area contributed by atoms with Crippen LogP contribution in [0.3, 0.4) is 0 Å². The minimum atomic E-state index is 0.275. The third-order valence-corrected chi connectivity index (χ3v) is 10.5. The molecule has 1 aliphatic carbocycles. The van der Waals surface area contributed by atoms with Crippen molar-refractivity contribution in [2.24, 2.45) is 0 Å². The minimum absolute atomic E-state index is 0.275. The largest absolute Gasteiger partial charge is 0.507 e. The van der Waals surface area contributed by atoms with Gasteiger partial charge < -0.3 is 19.6 Å². The fraction of sp³-hybridized carbons (Fsp3) is 0.192. The van der Waals surface area contributed by atoms with Gasteiger partial charge in [0, 0.05) is 68.4 Å². The van der Waals surface area contributed by atoms with Crippen LogP contribution in [0.25, 0.3) is 22.5 Å². The van der Waals surface area contributed by atoms with Crippen molar-refractivity contribution in [3.63, 3.8) is 0 Å². The number of ether oxygens (including phenoxy) is 1. The SMILES string of the molecule is Cc1cc(C)cc(C2=C(/C=C/C(=C/Cc3ccccc3)c3ccc(N(C)C)cc3O)CCC/C2=C\C=C2/C=C(c3ccccc3)Oc3cc(N(C)C)ccc32)c1. The minimum Gasteiger partial charge on any atom is -0.507 e. The molecule has 4 nitrogen and oxygen atoms in total. The fourth-order valence-electron chi connectivity index (χ4n) is 7.64. The molecule has 1 N–H and O–H groups in total. The molecule has 56 heavy (non-hydrogen) atoms. The maximum absolute atomic E-state index is 11.3. The molecule has 1 aliphatic heterocycles. The smallest absolute Gasteiger partial charge is 0.137 e.